The molecule has 0 aliphatic rings. The molecule has 7 heteroatoms. The number of benzene rings is 1. The molecule has 0 atom stereocenters. The van der Waals surface area contributed by atoms with Crippen LogP contribution in [0.2, 0.25) is 0 Å². The number of carboxylic acid groups (broad SMARTS) is 1. The number of rotatable bonds is 5. The summed E-state index contributed by atoms with van der Waals surface area (Å²) in [6, 6.07) is 3.59. The van der Waals surface area contributed by atoms with Crippen LogP contribution in [0.3, 0.4) is 0 Å². The van der Waals surface area contributed by atoms with Crippen LogP contribution in [0.4, 0.5) is 16.0 Å². The van der Waals surface area contributed by atoms with Gasteiger partial charge >= 0.3 is 5.97 Å². The second-order valence-corrected chi connectivity index (χ2v) is 4.36. The van der Waals surface area contributed by atoms with E-state index in [1.54, 1.807) is 0 Å². The fourth-order valence-electron chi connectivity index (χ4n) is 1.86. The number of hydrogen-bond donors (Lipinski definition) is 2. The van der Waals surface area contributed by atoms with Crippen molar-refractivity contribution in [2.24, 2.45) is 0 Å². The van der Waals surface area contributed by atoms with Crippen LogP contribution in [0.1, 0.15) is 35.6 Å². The molecule has 0 radical (unpaired) electrons. The van der Waals surface area contributed by atoms with Crippen molar-refractivity contribution < 1.29 is 14.3 Å². The van der Waals surface area contributed by atoms with Gasteiger partial charge in [0.05, 0.1) is 22.6 Å². The molecule has 0 spiro atoms. The molecule has 2 rings (SSSR count). The predicted molar refractivity (Wildman–Crippen MR) is 75.2 cm³/mol. The number of aryl methyl sites for hydroxylation is 2. The van der Waals surface area contributed by atoms with E-state index < -0.39 is 11.8 Å². The molecule has 0 bridgehead atoms. The number of aromatic nitrogens is 3. The van der Waals surface area contributed by atoms with E-state index in [4.69, 9.17) is 5.11 Å². The van der Waals surface area contributed by atoms with Gasteiger partial charge in [-0.3, -0.25) is 0 Å². The van der Waals surface area contributed by atoms with E-state index >= 15 is 0 Å². The Kier molecular flexibility index (Phi) is 4.42. The van der Waals surface area contributed by atoms with Crippen molar-refractivity contribution in [1.29, 1.82) is 0 Å². The smallest absolute Gasteiger partial charge is 0.335 e. The van der Waals surface area contributed by atoms with Gasteiger partial charge in [-0.05, 0) is 31.0 Å². The van der Waals surface area contributed by atoms with Crippen molar-refractivity contribution in [2.75, 3.05) is 5.32 Å². The minimum absolute atomic E-state index is 0.105. The Bertz CT molecular complexity index is 676. The predicted octanol–water partition coefficient (Wildman–Crippen LogP) is 2.58. The second kappa shape index (κ2) is 6.25. The van der Waals surface area contributed by atoms with Gasteiger partial charge in [0, 0.05) is 0 Å². The maximum Gasteiger partial charge on any atom is 0.335 e. The van der Waals surface area contributed by atoms with Crippen molar-refractivity contribution in [3.8, 4) is 0 Å². The van der Waals surface area contributed by atoms with E-state index in [1.165, 1.54) is 12.1 Å². The van der Waals surface area contributed by atoms with Crippen LogP contribution in [0.25, 0.3) is 0 Å². The first-order valence-electron chi connectivity index (χ1n) is 6.57. The minimum atomic E-state index is -1.18. The van der Waals surface area contributed by atoms with Crippen molar-refractivity contribution in [2.45, 2.75) is 26.7 Å². The van der Waals surface area contributed by atoms with E-state index in [0.29, 0.717) is 6.42 Å². The first kappa shape index (κ1) is 14.8. The topological polar surface area (TPSA) is 88.0 Å². The SMILES string of the molecule is CCc1nnc(Nc2ccc(C(=O)O)cc2F)nc1CC. The molecule has 21 heavy (non-hydrogen) atoms. The van der Waals surface area contributed by atoms with Crippen LogP contribution in [0, 0.1) is 5.82 Å². The number of nitrogens with zero attached hydrogens (tertiary/aromatic N) is 3. The van der Waals surface area contributed by atoms with Gasteiger partial charge in [-0.15, -0.1) is 10.2 Å². The number of carboxylic acids is 1. The molecule has 0 unspecified atom stereocenters. The number of halogens is 1. The molecule has 1 aromatic heterocycles. The zero-order valence-corrected chi connectivity index (χ0v) is 11.7. The number of aromatic carboxylic acids is 1. The summed E-state index contributed by atoms with van der Waals surface area (Å²) < 4.78 is 13.8. The van der Waals surface area contributed by atoms with Crippen molar-refractivity contribution >= 4 is 17.6 Å². The highest BCUT2D eigenvalue weighted by molar-refractivity contribution is 5.88. The first-order chi connectivity index (χ1) is 10.0. The van der Waals surface area contributed by atoms with Gasteiger partial charge in [0.25, 0.3) is 0 Å². The Hall–Kier alpha value is -2.57. The fraction of sp³-hybridized carbons (Fsp3) is 0.286. The van der Waals surface area contributed by atoms with Crippen molar-refractivity contribution in [3.05, 3.63) is 41.0 Å². The molecule has 2 aromatic rings. The van der Waals surface area contributed by atoms with Crippen LogP contribution < -0.4 is 5.32 Å². The molecule has 1 aromatic carbocycles. The lowest BCUT2D eigenvalue weighted by Gasteiger charge is -2.09. The Balaban J connectivity index is 2.28. The molecule has 2 N–H and O–H groups in total. The average Bonchev–Trinajstić information content (AvgIpc) is 2.48. The Labute approximate surface area is 121 Å². The highest BCUT2D eigenvalue weighted by Crippen LogP contribution is 2.19. The summed E-state index contributed by atoms with van der Waals surface area (Å²) in [6.07, 6.45) is 1.43. The number of nitrogens with one attached hydrogen (secondary N) is 1. The Morgan fingerprint density at radius 3 is 2.52 bits per heavy atom. The summed E-state index contributed by atoms with van der Waals surface area (Å²) in [4.78, 5) is 15.0. The summed E-state index contributed by atoms with van der Waals surface area (Å²) in [6.45, 7) is 3.91. The van der Waals surface area contributed by atoms with E-state index in [2.05, 4.69) is 20.5 Å². The monoisotopic (exact) mass is 290 g/mol. The highest BCUT2D eigenvalue weighted by Gasteiger charge is 2.11. The van der Waals surface area contributed by atoms with E-state index in [1.807, 2.05) is 13.8 Å². The summed E-state index contributed by atoms with van der Waals surface area (Å²) in [7, 11) is 0. The fourth-order valence-corrected chi connectivity index (χ4v) is 1.86. The Morgan fingerprint density at radius 1 is 1.24 bits per heavy atom. The van der Waals surface area contributed by atoms with Crippen molar-refractivity contribution in [1.82, 2.24) is 15.2 Å². The van der Waals surface area contributed by atoms with Crippen LogP contribution in [-0.2, 0) is 12.8 Å². The van der Waals surface area contributed by atoms with Gasteiger partial charge in [-0.25, -0.2) is 14.2 Å². The summed E-state index contributed by atoms with van der Waals surface area (Å²) in [5, 5.41) is 19.5. The second-order valence-electron chi connectivity index (χ2n) is 4.36. The summed E-state index contributed by atoms with van der Waals surface area (Å²) in [5.74, 6) is -1.68. The molecule has 0 saturated carbocycles. The van der Waals surface area contributed by atoms with Gasteiger partial charge in [-0.1, -0.05) is 13.8 Å². The lowest BCUT2D eigenvalue weighted by molar-refractivity contribution is 0.0696. The number of hydrogen-bond acceptors (Lipinski definition) is 5. The van der Waals surface area contributed by atoms with Crippen LogP contribution in [-0.4, -0.2) is 26.3 Å². The largest absolute Gasteiger partial charge is 0.478 e. The zero-order chi connectivity index (χ0) is 15.4. The third-order valence-corrected chi connectivity index (χ3v) is 2.97. The zero-order valence-electron chi connectivity index (χ0n) is 11.7. The Morgan fingerprint density at radius 2 is 1.95 bits per heavy atom. The third-order valence-electron chi connectivity index (χ3n) is 2.97. The third kappa shape index (κ3) is 3.31. The molecule has 0 aliphatic carbocycles. The van der Waals surface area contributed by atoms with Gasteiger partial charge < -0.3 is 10.4 Å². The molecular formula is C14H15FN4O2. The van der Waals surface area contributed by atoms with E-state index in [-0.39, 0.29) is 17.2 Å². The normalized spacial score (nSPS) is 10.4. The van der Waals surface area contributed by atoms with Crippen molar-refractivity contribution in [3.63, 3.8) is 0 Å². The molecule has 0 amide bonds. The minimum Gasteiger partial charge on any atom is -0.478 e. The van der Waals surface area contributed by atoms with Gasteiger partial charge in [0.2, 0.25) is 5.95 Å². The lowest BCUT2D eigenvalue weighted by Crippen LogP contribution is -2.07. The summed E-state index contributed by atoms with van der Waals surface area (Å²) in [5.41, 5.74) is 1.60. The van der Waals surface area contributed by atoms with E-state index in [0.717, 1.165) is 23.9 Å². The highest BCUT2D eigenvalue weighted by atomic mass is 19.1. The van der Waals surface area contributed by atoms with Crippen LogP contribution in [0.5, 0.6) is 0 Å². The van der Waals surface area contributed by atoms with Crippen LogP contribution >= 0.6 is 0 Å². The quantitative estimate of drug-likeness (QED) is 0.880. The molecule has 0 fully saturated rings. The van der Waals surface area contributed by atoms with Crippen LogP contribution in [0.15, 0.2) is 18.2 Å². The van der Waals surface area contributed by atoms with Gasteiger partial charge in [0.1, 0.15) is 5.82 Å². The molecule has 6 nitrogen and oxygen atoms in total. The number of anilines is 2. The molecule has 110 valence electrons. The summed E-state index contributed by atoms with van der Waals surface area (Å²) >= 11 is 0. The first-order valence-corrected chi connectivity index (χ1v) is 6.57. The van der Waals surface area contributed by atoms with Gasteiger partial charge in [-0.2, -0.15) is 0 Å². The van der Waals surface area contributed by atoms with Gasteiger partial charge in [0.15, 0.2) is 0 Å². The maximum atomic E-state index is 13.8. The standard InChI is InChI=1S/C14H15FN4O2/c1-3-10-11(4-2)18-19-14(16-10)17-12-6-5-8(13(20)21)7-9(12)15/h5-7H,3-4H2,1-2H3,(H,20,21)(H,16,17,19). The molecule has 1 heterocycles. The average molecular weight is 290 g/mol. The maximum absolute atomic E-state index is 13.8. The molecule has 0 saturated heterocycles. The molecular weight excluding hydrogens is 275 g/mol. The van der Waals surface area contributed by atoms with E-state index in [9.17, 15) is 9.18 Å². The molecule has 0 aliphatic heterocycles. The lowest BCUT2D eigenvalue weighted by atomic mass is 10.2. The number of carbonyl (C=O) groups is 1.